The van der Waals surface area contributed by atoms with Crippen molar-refractivity contribution < 1.29 is 19.2 Å². The zero-order valence-electron chi connectivity index (χ0n) is 24.8. The van der Waals surface area contributed by atoms with E-state index >= 15 is 0 Å². The number of nitrogens with zero attached hydrogens (tertiary/aromatic N) is 1. The van der Waals surface area contributed by atoms with E-state index in [-0.39, 0.29) is 53.8 Å². The molecule has 44 heavy (non-hydrogen) atoms. The van der Waals surface area contributed by atoms with Crippen molar-refractivity contribution in [3.8, 4) is 0 Å². The summed E-state index contributed by atoms with van der Waals surface area (Å²) in [5.41, 5.74) is 10.0. The van der Waals surface area contributed by atoms with Gasteiger partial charge < -0.3 is 21.3 Å². The highest BCUT2D eigenvalue weighted by Crippen LogP contribution is 2.68. The van der Waals surface area contributed by atoms with Gasteiger partial charge in [-0.05, 0) is 72.9 Å². The molecule has 0 aromatic heterocycles. The smallest absolute Gasteiger partial charge is 0.246 e. The number of benzene rings is 3. The lowest BCUT2D eigenvalue weighted by molar-refractivity contribution is -0.151. The van der Waals surface area contributed by atoms with Crippen molar-refractivity contribution >= 4 is 40.8 Å². The van der Waals surface area contributed by atoms with Gasteiger partial charge in [0.15, 0.2) is 5.78 Å². The molecule has 4 aliphatic rings. The molecule has 3 aromatic rings. The van der Waals surface area contributed by atoms with Crippen LogP contribution in [0.2, 0.25) is 5.02 Å². The summed E-state index contributed by atoms with van der Waals surface area (Å²) in [6, 6.07) is 20.3. The van der Waals surface area contributed by atoms with Gasteiger partial charge in [0.05, 0.1) is 0 Å². The first kappa shape index (κ1) is 30.0. The second-order valence-corrected chi connectivity index (χ2v) is 13.3. The van der Waals surface area contributed by atoms with Gasteiger partial charge in [-0.2, -0.15) is 0 Å². The highest BCUT2D eigenvalue weighted by Gasteiger charge is 2.66. The predicted molar refractivity (Wildman–Crippen MR) is 169 cm³/mol. The Kier molecular flexibility index (Phi) is 8.07. The summed E-state index contributed by atoms with van der Waals surface area (Å²) in [6.45, 7) is 2.12. The molecule has 0 unspecified atom stereocenters. The minimum absolute atomic E-state index is 0.0127. The molecule has 7 rings (SSSR count). The molecular weight excluding hydrogens is 576 g/mol. The van der Waals surface area contributed by atoms with Crippen molar-refractivity contribution in [2.75, 3.05) is 5.32 Å². The molecule has 3 aromatic carbocycles. The van der Waals surface area contributed by atoms with Crippen LogP contribution in [-0.4, -0.2) is 46.0 Å². The number of Topliss-reactive ketones (excluding diaryl/α,β-unsaturated/α-hetero) is 1. The van der Waals surface area contributed by atoms with Gasteiger partial charge in [0.25, 0.3) is 0 Å². The second-order valence-electron chi connectivity index (χ2n) is 12.9. The summed E-state index contributed by atoms with van der Waals surface area (Å²) >= 11 is 6.18. The number of amides is 3. The van der Waals surface area contributed by atoms with Crippen LogP contribution < -0.4 is 16.4 Å². The first-order valence-electron chi connectivity index (χ1n) is 15.1. The van der Waals surface area contributed by atoms with E-state index in [2.05, 4.69) is 10.6 Å². The van der Waals surface area contributed by atoms with Gasteiger partial charge in [0.2, 0.25) is 17.7 Å². The molecule has 3 saturated carbocycles. The van der Waals surface area contributed by atoms with Gasteiger partial charge in [-0.3, -0.25) is 19.2 Å². The van der Waals surface area contributed by atoms with Gasteiger partial charge in [-0.1, -0.05) is 66.2 Å². The zero-order chi connectivity index (χ0) is 31.1. The zero-order valence-corrected chi connectivity index (χ0v) is 25.5. The van der Waals surface area contributed by atoms with Crippen LogP contribution in [0.15, 0.2) is 72.8 Å². The maximum absolute atomic E-state index is 14.0. The van der Waals surface area contributed by atoms with E-state index in [1.807, 2.05) is 37.3 Å². The molecule has 8 nitrogen and oxygen atoms in total. The van der Waals surface area contributed by atoms with Crippen molar-refractivity contribution in [3.05, 3.63) is 100 Å². The van der Waals surface area contributed by atoms with E-state index in [0.29, 0.717) is 29.1 Å². The van der Waals surface area contributed by atoms with Crippen molar-refractivity contribution in [2.24, 2.45) is 11.1 Å². The molecule has 1 aliphatic heterocycles. The first-order valence-corrected chi connectivity index (χ1v) is 15.5. The first-order chi connectivity index (χ1) is 21.0. The average Bonchev–Trinajstić information content (AvgIpc) is 2.99. The lowest BCUT2D eigenvalue weighted by Crippen LogP contribution is -2.73. The Morgan fingerprint density at radius 3 is 2.32 bits per heavy atom. The van der Waals surface area contributed by atoms with Crippen LogP contribution in [0.3, 0.4) is 0 Å². The topological polar surface area (TPSA) is 122 Å². The minimum Gasteiger partial charge on any atom is -0.342 e. The normalized spacial score (nSPS) is 23.8. The number of carbonyl (C=O) groups is 4. The third-order valence-corrected chi connectivity index (χ3v) is 9.83. The molecule has 3 amide bonds. The van der Waals surface area contributed by atoms with Crippen LogP contribution in [0.4, 0.5) is 5.69 Å². The van der Waals surface area contributed by atoms with Crippen molar-refractivity contribution in [3.63, 3.8) is 0 Å². The summed E-state index contributed by atoms with van der Waals surface area (Å²) in [7, 11) is 0. The fourth-order valence-electron chi connectivity index (χ4n) is 7.32. The Morgan fingerprint density at radius 1 is 0.955 bits per heavy atom. The van der Waals surface area contributed by atoms with Gasteiger partial charge in [0.1, 0.15) is 12.1 Å². The summed E-state index contributed by atoms with van der Waals surface area (Å²) < 4.78 is 0. The molecule has 0 saturated heterocycles. The van der Waals surface area contributed by atoms with Crippen molar-refractivity contribution in [2.45, 2.75) is 76.0 Å². The van der Waals surface area contributed by atoms with Gasteiger partial charge in [-0.25, -0.2) is 0 Å². The number of ketones is 1. The van der Waals surface area contributed by atoms with Gasteiger partial charge >= 0.3 is 0 Å². The van der Waals surface area contributed by atoms with Crippen molar-refractivity contribution in [1.29, 1.82) is 0 Å². The van der Waals surface area contributed by atoms with Crippen LogP contribution in [0, 0.1) is 12.3 Å². The number of nitrogens with two attached hydrogens (primary N) is 1. The lowest BCUT2D eigenvalue weighted by atomic mass is 9.38. The highest BCUT2D eigenvalue weighted by molar-refractivity contribution is 6.31. The molecule has 0 radical (unpaired) electrons. The number of aryl methyl sites for hydroxylation is 1. The largest absolute Gasteiger partial charge is 0.342 e. The lowest BCUT2D eigenvalue weighted by Gasteiger charge is -2.70. The van der Waals surface area contributed by atoms with Crippen LogP contribution in [0.1, 0.15) is 65.6 Å². The Balaban J connectivity index is 1.20. The number of fused-ring (bicyclic) bond motifs is 1. The third-order valence-electron chi connectivity index (χ3n) is 9.41. The number of anilines is 1. The number of hydrogen-bond donors (Lipinski definition) is 3. The van der Waals surface area contributed by atoms with Gasteiger partial charge in [0, 0.05) is 47.6 Å². The second kappa shape index (κ2) is 11.8. The van der Waals surface area contributed by atoms with Crippen LogP contribution in [-0.2, 0) is 27.3 Å². The number of nitrogens with one attached hydrogen (secondary N) is 2. The van der Waals surface area contributed by atoms with E-state index in [0.717, 1.165) is 36.0 Å². The fourth-order valence-corrected chi connectivity index (χ4v) is 7.43. The van der Waals surface area contributed by atoms with E-state index in [4.69, 9.17) is 17.3 Å². The van der Waals surface area contributed by atoms with Crippen LogP contribution in [0.25, 0.3) is 0 Å². The summed E-state index contributed by atoms with van der Waals surface area (Å²) in [6.07, 6.45) is 3.32. The molecule has 2 bridgehead atoms. The molecule has 0 spiro atoms. The van der Waals surface area contributed by atoms with E-state index in [1.54, 1.807) is 47.4 Å². The molecule has 2 atom stereocenters. The monoisotopic (exact) mass is 612 g/mol. The molecule has 3 aliphatic carbocycles. The Labute approximate surface area is 262 Å². The summed E-state index contributed by atoms with van der Waals surface area (Å²) in [5, 5.41) is 6.57. The molecule has 228 valence electrons. The standard InChI is InChI=1S/C35H37ClN4O4/c1-22-15-26(11-12-27(22)36)38-32(43)28(17-34-19-35(37,20-34)21-34)39-33(44)29-16-24-9-5-6-10-25(24)18-40(29)31(42)14-13-30(41)23-7-3-2-4-8-23/h2-12,15,28-29H,13-14,16-21,37H2,1H3,(H,38,43)(H,39,44)/t28-,29+,34?,35?/m1/s1. The molecule has 3 fully saturated rings. The molecule has 1 heterocycles. The SMILES string of the molecule is Cc1cc(NC(=O)[C@@H](CC23CC(N)(C2)C3)NC(=O)[C@@H]2Cc3ccccc3CN2C(=O)CCC(=O)c2ccccc2)ccc1Cl. The summed E-state index contributed by atoms with van der Waals surface area (Å²) in [4.78, 5) is 55.6. The number of halogens is 1. The highest BCUT2D eigenvalue weighted by atomic mass is 35.5. The number of hydrogen-bond acceptors (Lipinski definition) is 5. The minimum atomic E-state index is -0.814. The number of carbonyl (C=O) groups excluding carboxylic acids is 4. The van der Waals surface area contributed by atoms with Gasteiger partial charge in [-0.15, -0.1) is 0 Å². The maximum atomic E-state index is 14.0. The predicted octanol–water partition coefficient (Wildman–Crippen LogP) is 4.96. The summed E-state index contributed by atoms with van der Waals surface area (Å²) in [5.74, 6) is -1.10. The molecular formula is C35H37ClN4O4. The fraction of sp³-hybridized carbons (Fsp3) is 0.371. The Morgan fingerprint density at radius 2 is 1.64 bits per heavy atom. The van der Waals surface area contributed by atoms with E-state index in [1.165, 1.54) is 0 Å². The maximum Gasteiger partial charge on any atom is 0.246 e. The Hall–Kier alpha value is -4.01. The van der Waals surface area contributed by atoms with E-state index < -0.39 is 12.1 Å². The average molecular weight is 613 g/mol. The molecule has 9 heteroatoms. The van der Waals surface area contributed by atoms with E-state index in [9.17, 15) is 19.2 Å². The quantitative estimate of drug-likeness (QED) is 0.280. The molecule has 4 N–H and O–H groups in total. The number of rotatable bonds is 10. The van der Waals surface area contributed by atoms with Crippen LogP contribution >= 0.6 is 11.6 Å². The van der Waals surface area contributed by atoms with Crippen LogP contribution in [0.5, 0.6) is 0 Å². The Bertz CT molecular complexity index is 1600. The third kappa shape index (κ3) is 6.14. The van der Waals surface area contributed by atoms with Crippen molar-refractivity contribution in [1.82, 2.24) is 10.2 Å².